The summed E-state index contributed by atoms with van der Waals surface area (Å²) in [6.07, 6.45) is 3.21. The highest BCUT2D eigenvalue weighted by Crippen LogP contribution is 2.24. The van der Waals surface area contributed by atoms with Crippen LogP contribution < -0.4 is 15.1 Å². The van der Waals surface area contributed by atoms with E-state index in [-0.39, 0.29) is 12.4 Å². The number of hydrogen-bond acceptors (Lipinski definition) is 5. The maximum absolute atomic E-state index is 13.8. The number of benzene rings is 2. The summed E-state index contributed by atoms with van der Waals surface area (Å²) in [5, 5.41) is 17.7. The van der Waals surface area contributed by atoms with Crippen molar-refractivity contribution in [3.05, 3.63) is 72.1 Å². The first-order valence-electron chi connectivity index (χ1n) is 9.15. The fourth-order valence-corrected chi connectivity index (χ4v) is 2.85. The summed E-state index contributed by atoms with van der Waals surface area (Å²) >= 11 is 0. The number of hydrazone groups is 1. The fraction of sp³-hybridized carbons (Fsp3) is 0.238. The minimum Gasteiger partial charge on any atom is -0.435 e. The molecule has 0 bridgehead atoms. The van der Waals surface area contributed by atoms with Gasteiger partial charge >= 0.3 is 6.61 Å². The number of aliphatic hydroxyl groups excluding tert-OH is 1. The molecule has 2 N–H and O–H groups in total. The molecule has 1 heterocycles. The molecule has 2 atom stereocenters. The van der Waals surface area contributed by atoms with Gasteiger partial charge in [0.1, 0.15) is 17.6 Å². The number of aliphatic hydroxyl groups is 1. The Labute approximate surface area is 171 Å². The number of carbonyl (C=O) groups excluding carboxylic acids is 1. The van der Waals surface area contributed by atoms with Crippen LogP contribution in [-0.2, 0) is 4.79 Å². The van der Waals surface area contributed by atoms with Crippen LogP contribution in [0.2, 0.25) is 0 Å². The summed E-state index contributed by atoms with van der Waals surface area (Å²) in [5.74, 6) is -0.901. The number of hydrogen-bond donors (Lipinski definition) is 2. The second-order valence-electron chi connectivity index (χ2n) is 6.61. The zero-order valence-corrected chi connectivity index (χ0v) is 16.0. The molecular formula is C21H20F3N3O3. The minimum atomic E-state index is -2.92. The standard InChI is InChI=1S/C21H20F3N3O3/c1-13(12-28)25-20(29)19-10-9-18(14-5-7-17(8-6-14)30-21(23)24)26-27(19)16-4-2-3-15(22)11-16/h2-11,13,19,21,28H,12H2,1H3,(H,25,29)/t13-,19?/m0/s1. The van der Waals surface area contributed by atoms with E-state index < -0.39 is 30.4 Å². The Morgan fingerprint density at radius 2 is 2.00 bits per heavy atom. The highest BCUT2D eigenvalue weighted by atomic mass is 19.3. The number of carbonyl (C=O) groups is 1. The third-order valence-corrected chi connectivity index (χ3v) is 4.29. The maximum Gasteiger partial charge on any atom is 0.387 e. The lowest BCUT2D eigenvalue weighted by Crippen LogP contribution is -2.48. The van der Waals surface area contributed by atoms with Crippen molar-refractivity contribution in [3.8, 4) is 5.75 Å². The van der Waals surface area contributed by atoms with Gasteiger partial charge in [0, 0.05) is 11.6 Å². The Balaban J connectivity index is 1.92. The third-order valence-electron chi connectivity index (χ3n) is 4.29. The van der Waals surface area contributed by atoms with E-state index in [4.69, 9.17) is 0 Å². The van der Waals surface area contributed by atoms with Crippen molar-refractivity contribution in [2.24, 2.45) is 5.10 Å². The molecule has 0 radical (unpaired) electrons. The molecule has 158 valence electrons. The molecule has 0 saturated heterocycles. The molecule has 0 aliphatic carbocycles. The van der Waals surface area contributed by atoms with Crippen LogP contribution in [0.1, 0.15) is 12.5 Å². The van der Waals surface area contributed by atoms with E-state index in [1.54, 1.807) is 37.3 Å². The van der Waals surface area contributed by atoms with Crippen molar-refractivity contribution >= 4 is 17.3 Å². The maximum atomic E-state index is 13.8. The van der Waals surface area contributed by atoms with E-state index in [1.807, 2.05) is 0 Å². The van der Waals surface area contributed by atoms with E-state index in [0.717, 1.165) is 0 Å². The van der Waals surface area contributed by atoms with Crippen LogP contribution in [0.5, 0.6) is 5.75 Å². The number of anilines is 1. The molecule has 0 spiro atoms. The molecule has 9 heteroatoms. The zero-order chi connectivity index (χ0) is 21.7. The number of amides is 1. The summed E-state index contributed by atoms with van der Waals surface area (Å²) in [7, 11) is 0. The Kier molecular flexibility index (Phi) is 6.73. The van der Waals surface area contributed by atoms with Crippen molar-refractivity contribution in [2.45, 2.75) is 25.6 Å². The second kappa shape index (κ2) is 9.45. The van der Waals surface area contributed by atoms with Crippen molar-refractivity contribution in [1.82, 2.24) is 5.32 Å². The molecule has 2 aromatic carbocycles. The fourth-order valence-electron chi connectivity index (χ4n) is 2.85. The SMILES string of the molecule is C[C@@H](CO)NC(=O)C1C=CC(c2ccc(OC(F)F)cc2)=NN1c1cccc(F)c1. The number of allylic oxidation sites excluding steroid dienone is 1. The largest absolute Gasteiger partial charge is 0.435 e. The molecule has 0 saturated carbocycles. The van der Waals surface area contributed by atoms with E-state index in [1.165, 1.54) is 35.3 Å². The molecule has 2 aromatic rings. The van der Waals surface area contributed by atoms with Crippen LogP contribution in [0.25, 0.3) is 0 Å². The van der Waals surface area contributed by atoms with Gasteiger partial charge in [-0.3, -0.25) is 4.79 Å². The van der Waals surface area contributed by atoms with E-state index in [0.29, 0.717) is 17.0 Å². The highest BCUT2D eigenvalue weighted by molar-refractivity contribution is 6.11. The number of ether oxygens (including phenoxy) is 1. The predicted molar refractivity (Wildman–Crippen MR) is 106 cm³/mol. The lowest BCUT2D eigenvalue weighted by Gasteiger charge is -2.30. The van der Waals surface area contributed by atoms with Gasteiger partial charge in [-0.1, -0.05) is 6.07 Å². The van der Waals surface area contributed by atoms with Crippen molar-refractivity contribution in [1.29, 1.82) is 0 Å². The van der Waals surface area contributed by atoms with Gasteiger partial charge in [0.15, 0.2) is 0 Å². The Morgan fingerprint density at radius 3 is 2.63 bits per heavy atom. The molecule has 0 fully saturated rings. The van der Waals surface area contributed by atoms with Gasteiger partial charge in [0.25, 0.3) is 0 Å². The Hall–Kier alpha value is -3.33. The number of alkyl halides is 2. The minimum absolute atomic E-state index is 0.00590. The normalized spacial score (nSPS) is 16.9. The molecule has 1 aliphatic heterocycles. The van der Waals surface area contributed by atoms with Gasteiger partial charge < -0.3 is 15.2 Å². The quantitative estimate of drug-likeness (QED) is 0.724. The van der Waals surface area contributed by atoms with Gasteiger partial charge in [-0.2, -0.15) is 13.9 Å². The molecule has 1 amide bonds. The van der Waals surface area contributed by atoms with Crippen LogP contribution >= 0.6 is 0 Å². The van der Waals surface area contributed by atoms with Crippen LogP contribution in [0.3, 0.4) is 0 Å². The Bertz CT molecular complexity index is 948. The average molecular weight is 419 g/mol. The first-order chi connectivity index (χ1) is 14.4. The monoisotopic (exact) mass is 419 g/mol. The summed E-state index contributed by atoms with van der Waals surface area (Å²) in [4.78, 5) is 12.7. The smallest absolute Gasteiger partial charge is 0.387 e. The van der Waals surface area contributed by atoms with Crippen LogP contribution in [0.4, 0.5) is 18.9 Å². The number of halogens is 3. The van der Waals surface area contributed by atoms with E-state index in [9.17, 15) is 23.1 Å². The number of nitrogens with one attached hydrogen (secondary N) is 1. The van der Waals surface area contributed by atoms with Gasteiger partial charge in [0.05, 0.1) is 18.0 Å². The Morgan fingerprint density at radius 1 is 1.27 bits per heavy atom. The summed E-state index contributed by atoms with van der Waals surface area (Å²) in [6, 6.07) is 10.2. The lowest BCUT2D eigenvalue weighted by atomic mass is 10.1. The first-order valence-corrected chi connectivity index (χ1v) is 9.15. The molecular weight excluding hydrogens is 399 g/mol. The van der Waals surface area contributed by atoms with Crippen molar-refractivity contribution < 1.29 is 27.8 Å². The average Bonchev–Trinajstić information content (AvgIpc) is 2.73. The first kappa shape index (κ1) is 21.4. The predicted octanol–water partition coefficient (Wildman–Crippen LogP) is 3.07. The molecule has 0 aromatic heterocycles. The highest BCUT2D eigenvalue weighted by Gasteiger charge is 2.28. The third kappa shape index (κ3) is 5.18. The molecule has 30 heavy (non-hydrogen) atoms. The van der Waals surface area contributed by atoms with Gasteiger partial charge in [-0.25, -0.2) is 9.40 Å². The number of nitrogens with zero attached hydrogens (tertiary/aromatic N) is 2. The van der Waals surface area contributed by atoms with Crippen molar-refractivity contribution in [2.75, 3.05) is 11.6 Å². The van der Waals surface area contributed by atoms with Crippen LogP contribution in [0.15, 0.2) is 65.8 Å². The molecule has 3 rings (SSSR count). The van der Waals surface area contributed by atoms with E-state index in [2.05, 4.69) is 15.2 Å². The summed E-state index contributed by atoms with van der Waals surface area (Å²) in [6.45, 7) is -1.51. The number of rotatable bonds is 7. The molecule has 6 nitrogen and oxygen atoms in total. The van der Waals surface area contributed by atoms with Crippen LogP contribution in [0, 0.1) is 5.82 Å². The van der Waals surface area contributed by atoms with Gasteiger partial charge in [0.2, 0.25) is 5.91 Å². The van der Waals surface area contributed by atoms with Gasteiger partial charge in [-0.05, 0) is 61.5 Å². The van der Waals surface area contributed by atoms with Gasteiger partial charge in [-0.15, -0.1) is 0 Å². The summed E-state index contributed by atoms with van der Waals surface area (Å²) < 4.78 is 42.8. The second-order valence-corrected chi connectivity index (χ2v) is 6.61. The zero-order valence-electron chi connectivity index (χ0n) is 16.0. The lowest BCUT2D eigenvalue weighted by molar-refractivity contribution is -0.122. The van der Waals surface area contributed by atoms with E-state index >= 15 is 0 Å². The topological polar surface area (TPSA) is 74.2 Å². The molecule has 1 aliphatic rings. The van der Waals surface area contributed by atoms with Crippen LogP contribution in [-0.4, -0.2) is 42.0 Å². The molecule has 1 unspecified atom stereocenters. The van der Waals surface area contributed by atoms with Crippen molar-refractivity contribution in [3.63, 3.8) is 0 Å². The summed E-state index contributed by atoms with van der Waals surface area (Å²) in [5.41, 5.74) is 1.39.